The first-order chi connectivity index (χ1) is 14.2. The molecule has 0 saturated carbocycles. The topological polar surface area (TPSA) is 60.7 Å². The number of aromatic nitrogens is 4. The van der Waals surface area contributed by atoms with Gasteiger partial charge in [0, 0.05) is 18.0 Å². The van der Waals surface area contributed by atoms with Gasteiger partial charge >= 0.3 is 0 Å². The molecular weight excluding hydrogens is 387 g/mol. The van der Waals surface area contributed by atoms with Gasteiger partial charge in [0.2, 0.25) is 0 Å². The Hall–Kier alpha value is -3.32. The monoisotopic (exact) mass is 404 g/mol. The van der Waals surface area contributed by atoms with Crippen molar-refractivity contribution in [3.05, 3.63) is 96.1 Å². The maximum Gasteiger partial charge on any atom is 0.192 e. The molecule has 0 saturated heterocycles. The lowest BCUT2D eigenvalue weighted by Crippen LogP contribution is -2.08. The Labute approximate surface area is 171 Å². The molecule has 0 aliphatic heterocycles. The molecule has 7 heteroatoms. The minimum atomic E-state index is -0.514. The molecule has 0 aliphatic carbocycles. The zero-order valence-corrected chi connectivity index (χ0v) is 16.2. The number of carbonyl (C=O) groups excluding carboxylic acids is 1. The van der Waals surface area contributed by atoms with Crippen LogP contribution in [0.1, 0.15) is 15.9 Å². The van der Waals surface area contributed by atoms with Gasteiger partial charge in [0.05, 0.1) is 17.9 Å². The number of Topliss-reactive ketones (excluding diaryl/α,β-unsaturated/α-hetero) is 1. The average Bonchev–Trinajstić information content (AvgIpc) is 3.16. The largest absolute Gasteiger partial charge is 0.297 e. The highest BCUT2D eigenvalue weighted by Gasteiger charge is 2.18. The number of carbonyl (C=O) groups is 1. The van der Waals surface area contributed by atoms with Crippen LogP contribution in [0.25, 0.3) is 11.4 Å². The lowest BCUT2D eigenvalue weighted by molar-refractivity contribution is 0.101. The van der Waals surface area contributed by atoms with Crippen LogP contribution in [0.3, 0.4) is 0 Å². The number of thioether (sulfide) groups is 1. The van der Waals surface area contributed by atoms with Crippen molar-refractivity contribution in [3.63, 3.8) is 0 Å². The fourth-order valence-corrected chi connectivity index (χ4v) is 3.73. The maximum atomic E-state index is 13.9. The predicted molar refractivity (Wildman–Crippen MR) is 110 cm³/mol. The zero-order chi connectivity index (χ0) is 20.1. The molecule has 0 spiro atoms. The summed E-state index contributed by atoms with van der Waals surface area (Å²) in [4.78, 5) is 16.6. The first-order valence-electron chi connectivity index (χ1n) is 9.00. The fourth-order valence-electron chi connectivity index (χ4n) is 2.91. The van der Waals surface area contributed by atoms with E-state index in [1.807, 2.05) is 47.0 Å². The Morgan fingerprint density at radius 2 is 1.76 bits per heavy atom. The number of nitrogens with zero attached hydrogens (tertiary/aromatic N) is 4. The van der Waals surface area contributed by atoms with Crippen LogP contribution in [0.4, 0.5) is 4.39 Å². The van der Waals surface area contributed by atoms with Crippen LogP contribution >= 0.6 is 11.8 Å². The van der Waals surface area contributed by atoms with E-state index in [4.69, 9.17) is 0 Å². The third-order valence-corrected chi connectivity index (χ3v) is 5.29. The minimum Gasteiger partial charge on any atom is -0.297 e. The van der Waals surface area contributed by atoms with E-state index < -0.39 is 5.82 Å². The molecule has 0 bridgehead atoms. The van der Waals surface area contributed by atoms with Crippen molar-refractivity contribution in [2.75, 3.05) is 5.75 Å². The molecule has 0 N–H and O–H groups in total. The van der Waals surface area contributed by atoms with Crippen LogP contribution in [0.2, 0.25) is 0 Å². The van der Waals surface area contributed by atoms with E-state index in [1.165, 1.54) is 23.9 Å². The summed E-state index contributed by atoms with van der Waals surface area (Å²) in [5.74, 6) is -0.0612. The van der Waals surface area contributed by atoms with Crippen molar-refractivity contribution in [2.45, 2.75) is 11.7 Å². The molecule has 2 aromatic carbocycles. The highest BCUT2D eigenvalue weighted by Crippen LogP contribution is 2.25. The van der Waals surface area contributed by atoms with Gasteiger partial charge in [-0.25, -0.2) is 4.39 Å². The normalized spacial score (nSPS) is 10.8. The number of pyridine rings is 1. The van der Waals surface area contributed by atoms with E-state index in [9.17, 15) is 9.18 Å². The van der Waals surface area contributed by atoms with Gasteiger partial charge in [-0.1, -0.05) is 54.2 Å². The molecule has 4 aromatic rings. The third kappa shape index (κ3) is 4.41. The lowest BCUT2D eigenvalue weighted by Gasteiger charge is -2.10. The molecule has 0 atom stereocenters. The van der Waals surface area contributed by atoms with Gasteiger partial charge in [0.1, 0.15) is 5.82 Å². The first kappa shape index (κ1) is 19.0. The number of halogens is 1. The molecule has 29 heavy (non-hydrogen) atoms. The van der Waals surface area contributed by atoms with Crippen molar-refractivity contribution >= 4 is 17.5 Å². The summed E-state index contributed by atoms with van der Waals surface area (Å²) in [6.07, 6.45) is 3.43. The Morgan fingerprint density at radius 1 is 0.966 bits per heavy atom. The molecule has 0 radical (unpaired) electrons. The highest BCUT2D eigenvalue weighted by molar-refractivity contribution is 7.99. The molecule has 4 rings (SSSR count). The van der Waals surface area contributed by atoms with Gasteiger partial charge in [-0.2, -0.15) is 0 Å². The van der Waals surface area contributed by atoms with Crippen molar-refractivity contribution in [1.29, 1.82) is 0 Å². The highest BCUT2D eigenvalue weighted by atomic mass is 32.2. The van der Waals surface area contributed by atoms with Crippen molar-refractivity contribution < 1.29 is 9.18 Å². The molecule has 0 unspecified atom stereocenters. The Bertz CT molecular complexity index is 1120. The number of benzene rings is 2. The predicted octanol–water partition coefficient (Wildman–Crippen LogP) is 4.50. The molecule has 0 fully saturated rings. The fraction of sp³-hybridized carbons (Fsp3) is 0.0909. The van der Waals surface area contributed by atoms with Gasteiger partial charge in [0.25, 0.3) is 0 Å². The average molecular weight is 404 g/mol. The quantitative estimate of drug-likeness (QED) is 0.335. The second-order valence-electron chi connectivity index (χ2n) is 6.31. The summed E-state index contributed by atoms with van der Waals surface area (Å²) in [6.45, 7) is 0.550. The summed E-state index contributed by atoms with van der Waals surface area (Å²) in [5, 5.41) is 9.19. The molecule has 2 heterocycles. The van der Waals surface area contributed by atoms with Gasteiger partial charge in [0.15, 0.2) is 16.8 Å². The van der Waals surface area contributed by atoms with Crippen molar-refractivity contribution in [2.24, 2.45) is 0 Å². The second-order valence-corrected chi connectivity index (χ2v) is 7.25. The molecular formula is C22H17FN4OS. The summed E-state index contributed by atoms with van der Waals surface area (Å²) < 4.78 is 15.8. The van der Waals surface area contributed by atoms with E-state index in [-0.39, 0.29) is 17.1 Å². The van der Waals surface area contributed by atoms with E-state index in [0.29, 0.717) is 17.5 Å². The summed E-state index contributed by atoms with van der Waals surface area (Å²) >= 11 is 1.25. The Morgan fingerprint density at radius 3 is 2.52 bits per heavy atom. The standard InChI is InChI=1S/C22H17FN4OS/c23-19-11-5-4-10-18(19)20(28)15-29-22-26-25-21(17-9-6-12-24-13-17)27(22)14-16-7-2-1-3-8-16/h1-13H,14-15H2. The van der Waals surface area contributed by atoms with Gasteiger partial charge in [-0.15, -0.1) is 10.2 Å². The van der Waals surface area contributed by atoms with Gasteiger partial charge < -0.3 is 0 Å². The zero-order valence-electron chi connectivity index (χ0n) is 15.4. The molecule has 0 amide bonds. The molecule has 0 aliphatic rings. The number of hydrogen-bond donors (Lipinski definition) is 0. The smallest absolute Gasteiger partial charge is 0.192 e. The van der Waals surface area contributed by atoms with Crippen LogP contribution in [-0.4, -0.2) is 31.3 Å². The Kier molecular flexibility index (Phi) is 5.76. The summed E-state index contributed by atoms with van der Waals surface area (Å²) in [5.41, 5.74) is 2.00. The van der Waals surface area contributed by atoms with E-state index in [2.05, 4.69) is 15.2 Å². The number of ketones is 1. The van der Waals surface area contributed by atoms with Gasteiger partial charge in [-0.05, 0) is 29.8 Å². The third-order valence-electron chi connectivity index (χ3n) is 4.33. The maximum absolute atomic E-state index is 13.9. The van der Waals surface area contributed by atoms with E-state index in [0.717, 1.165) is 11.1 Å². The molecule has 5 nitrogen and oxygen atoms in total. The first-order valence-corrected chi connectivity index (χ1v) is 9.99. The van der Waals surface area contributed by atoms with Crippen molar-refractivity contribution in [1.82, 2.24) is 19.7 Å². The van der Waals surface area contributed by atoms with Crippen molar-refractivity contribution in [3.8, 4) is 11.4 Å². The summed E-state index contributed by atoms with van der Waals surface area (Å²) in [6, 6.07) is 19.7. The summed E-state index contributed by atoms with van der Waals surface area (Å²) in [7, 11) is 0. The lowest BCUT2D eigenvalue weighted by atomic mass is 10.1. The second kappa shape index (κ2) is 8.79. The van der Waals surface area contributed by atoms with E-state index >= 15 is 0 Å². The van der Waals surface area contributed by atoms with E-state index in [1.54, 1.807) is 24.5 Å². The Balaban J connectivity index is 1.62. The van der Waals surface area contributed by atoms with Crippen LogP contribution < -0.4 is 0 Å². The SMILES string of the molecule is O=C(CSc1nnc(-c2cccnc2)n1Cc1ccccc1)c1ccccc1F. The minimum absolute atomic E-state index is 0.0703. The van der Waals surface area contributed by atoms with Crippen LogP contribution in [0.5, 0.6) is 0 Å². The van der Waals surface area contributed by atoms with Crippen LogP contribution in [-0.2, 0) is 6.54 Å². The number of hydrogen-bond acceptors (Lipinski definition) is 5. The molecule has 2 aromatic heterocycles. The molecule has 144 valence electrons. The number of rotatable bonds is 7. The van der Waals surface area contributed by atoms with Gasteiger partial charge in [-0.3, -0.25) is 14.3 Å². The van der Waals surface area contributed by atoms with Crippen LogP contribution in [0, 0.1) is 5.82 Å². The van der Waals surface area contributed by atoms with Crippen LogP contribution in [0.15, 0.2) is 84.3 Å².